The molecule has 1 atom stereocenters. The van der Waals surface area contributed by atoms with Crippen LogP contribution in [0.3, 0.4) is 0 Å². The fourth-order valence-electron chi connectivity index (χ4n) is 3.49. The van der Waals surface area contributed by atoms with Gasteiger partial charge in [-0.2, -0.15) is 0 Å². The lowest BCUT2D eigenvalue weighted by Gasteiger charge is -2.24. The van der Waals surface area contributed by atoms with Crippen molar-refractivity contribution in [2.24, 2.45) is 0 Å². The molecule has 0 radical (unpaired) electrons. The lowest BCUT2D eigenvalue weighted by atomic mass is 10.1. The van der Waals surface area contributed by atoms with Gasteiger partial charge in [0.25, 0.3) is 0 Å². The van der Waals surface area contributed by atoms with Gasteiger partial charge >= 0.3 is 0 Å². The third-order valence-corrected chi connectivity index (χ3v) is 6.07. The van der Waals surface area contributed by atoms with E-state index in [2.05, 4.69) is 16.3 Å². The van der Waals surface area contributed by atoms with Crippen LogP contribution in [0.25, 0.3) is 22.0 Å². The molecule has 5 heteroatoms. The van der Waals surface area contributed by atoms with Gasteiger partial charge in [-0.1, -0.05) is 84.6 Å². The molecule has 3 aromatic carbocycles. The van der Waals surface area contributed by atoms with Crippen molar-refractivity contribution in [1.82, 2.24) is 10.2 Å². The van der Waals surface area contributed by atoms with Crippen LogP contribution < -0.4 is 4.90 Å². The molecular weight excluding hydrogens is 390 g/mol. The number of benzene rings is 3. The van der Waals surface area contributed by atoms with Crippen LogP contribution in [-0.2, 0) is 4.79 Å². The predicted molar refractivity (Wildman–Crippen MR) is 125 cm³/mol. The second kappa shape index (κ2) is 9.09. The van der Waals surface area contributed by atoms with E-state index in [9.17, 15) is 4.79 Å². The summed E-state index contributed by atoms with van der Waals surface area (Å²) >= 11 is 1.46. The zero-order valence-corrected chi connectivity index (χ0v) is 17.8. The Morgan fingerprint density at radius 2 is 1.47 bits per heavy atom. The average Bonchev–Trinajstić information content (AvgIpc) is 2.81. The van der Waals surface area contributed by atoms with Crippen molar-refractivity contribution in [2.45, 2.75) is 24.1 Å². The molecule has 1 unspecified atom stereocenters. The molecule has 30 heavy (non-hydrogen) atoms. The maximum absolute atomic E-state index is 13.2. The SMILES string of the molecule is CCN(C(=O)C(C)Sc1nnc(-c2ccccc2)c2ccccc12)c1ccccc1. The summed E-state index contributed by atoms with van der Waals surface area (Å²) in [6.45, 7) is 4.54. The van der Waals surface area contributed by atoms with Crippen LogP contribution in [0, 0.1) is 0 Å². The molecule has 0 fully saturated rings. The molecule has 0 aliphatic heterocycles. The van der Waals surface area contributed by atoms with Gasteiger partial charge in [-0.3, -0.25) is 4.79 Å². The highest BCUT2D eigenvalue weighted by atomic mass is 32.2. The molecule has 1 heterocycles. The van der Waals surface area contributed by atoms with Gasteiger partial charge in [-0.05, 0) is 26.0 Å². The Labute approximate surface area is 181 Å². The van der Waals surface area contributed by atoms with E-state index in [1.54, 1.807) is 0 Å². The number of anilines is 1. The summed E-state index contributed by atoms with van der Waals surface area (Å²) in [5.74, 6) is 0.0618. The van der Waals surface area contributed by atoms with Gasteiger partial charge in [-0.15, -0.1) is 10.2 Å². The third-order valence-electron chi connectivity index (χ3n) is 4.99. The summed E-state index contributed by atoms with van der Waals surface area (Å²) in [6.07, 6.45) is 0. The molecule has 0 spiro atoms. The summed E-state index contributed by atoms with van der Waals surface area (Å²) in [6, 6.07) is 27.9. The Morgan fingerprint density at radius 3 is 2.13 bits per heavy atom. The first-order valence-electron chi connectivity index (χ1n) is 10.0. The molecule has 0 aliphatic rings. The molecule has 0 bridgehead atoms. The van der Waals surface area contributed by atoms with Crippen molar-refractivity contribution < 1.29 is 4.79 Å². The number of carbonyl (C=O) groups is 1. The molecule has 150 valence electrons. The third kappa shape index (κ3) is 4.07. The first-order chi connectivity index (χ1) is 14.7. The van der Waals surface area contributed by atoms with Crippen molar-refractivity contribution in [3.63, 3.8) is 0 Å². The number of carbonyl (C=O) groups excluding carboxylic acids is 1. The molecule has 0 saturated carbocycles. The molecule has 1 aromatic heterocycles. The topological polar surface area (TPSA) is 46.1 Å². The largest absolute Gasteiger partial charge is 0.312 e. The summed E-state index contributed by atoms with van der Waals surface area (Å²) in [5.41, 5.74) is 2.80. The fourth-order valence-corrected chi connectivity index (χ4v) is 4.44. The van der Waals surface area contributed by atoms with Crippen LogP contribution in [-0.4, -0.2) is 27.9 Å². The number of para-hydroxylation sites is 1. The smallest absolute Gasteiger partial charge is 0.240 e. The van der Waals surface area contributed by atoms with Crippen molar-refractivity contribution in [3.05, 3.63) is 84.9 Å². The van der Waals surface area contributed by atoms with E-state index in [0.717, 1.165) is 32.7 Å². The number of hydrogen-bond donors (Lipinski definition) is 0. The van der Waals surface area contributed by atoms with Crippen LogP contribution in [0.15, 0.2) is 90.0 Å². The number of hydrogen-bond acceptors (Lipinski definition) is 4. The minimum Gasteiger partial charge on any atom is -0.312 e. The van der Waals surface area contributed by atoms with Crippen LogP contribution in [0.2, 0.25) is 0 Å². The fraction of sp³-hybridized carbons (Fsp3) is 0.160. The van der Waals surface area contributed by atoms with E-state index in [1.807, 2.05) is 97.6 Å². The van der Waals surface area contributed by atoms with E-state index < -0.39 is 0 Å². The highest BCUT2D eigenvalue weighted by molar-refractivity contribution is 8.00. The van der Waals surface area contributed by atoms with Crippen LogP contribution in [0.4, 0.5) is 5.69 Å². The van der Waals surface area contributed by atoms with Crippen molar-refractivity contribution in [1.29, 1.82) is 0 Å². The number of amides is 1. The summed E-state index contributed by atoms with van der Waals surface area (Å²) < 4.78 is 0. The maximum atomic E-state index is 13.2. The second-order valence-corrected chi connectivity index (χ2v) is 8.27. The van der Waals surface area contributed by atoms with Crippen molar-refractivity contribution in [2.75, 3.05) is 11.4 Å². The number of nitrogens with zero attached hydrogens (tertiary/aromatic N) is 3. The highest BCUT2D eigenvalue weighted by Crippen LogP contribution is 2.34. The van der Waals surface area contributed by atoms with Crippen LogP contribution >= 0.6 is 11.8 Å². The van der Waals surface area contributed by atoms with Gasteiger partial charge in [0.15, 0.2) is 0 Å². The molecule has 4 nitrogen and oxygen atoms in total. The lowest BCUT2D eigenvalue weighted by Crippen LogP contribution is -2.36. The monoisotopic (exact) mass is 413 g/mol. The quantitative estimate of drug-likeness (QED) is 0.373. The average molecular weight is 414 g/mol. The number of fused-ring (bicyclic) bond motifs is 1. The Hall–Kier alpha value is -3.18. The Kier molecular flexibility index (Phi) is 6.10. The summed E-state index contributed by atoms with van der Waals surface area (Å²) in [4.78, 5) is 15.0. The molecular formula is C25H23N3OS. The first kappa shape index (κ1) is 20.1. The Bertz CT molecular complexity index is 1150. The molecule has 4 aromatic rings. The minimum absolute atomic E-state index is 0.0618. The standard InChI is InChI=1S/C25H23N3OS/c1-3-28(20-14-8-5-9-15-20)25(29)18(2)30-24-22-17-11-10-16-21(22)23(26-27-24)19-12-6-4-7-13-19/h4-18H,3H2,1-2H3. The second-order valence-electron chi connectivity index (χ2n) is 6.94. The van der Waals surface area contributed by atoms with Gasteiger partial charge in [0.2, 0.25) is 5.91 Å². The molecule has 0 aliphatic carbocycles. The lowest BCUT2D eigenvalue weighted by molar-refractivity contribution is -0.117. The van der Waals surface area contributed by atoms with Gasteiger partial charge in [0, 0.05) is 28.6 Å². The van der Waals surface area contributed by atoms with E-state index in [0.29, 0.717) is 6.54 Å². The number of rotatable bonds is 6. The number of aromatic nitrogens is 2. The predicted octanol–water partition coefficient (Wildman–Crippen LogP) is 5.83. The maximum Gasteiger partial charge on any atom is 0.240 e. The van der Waals surface area contributed by atoms with E-state index in [-0.39, 0.29) is 11.2 Å². The van der Waals surface area contributed by atoms with Crippen LogP contribution in [0.5, 0.6) is 0 Å². The van der Waals surface area contributed by atoms with Crippen molar-refractivity contribution >= 4 is 34.1 Å². The van der Waals surface area contributed by atoms with Crippen molar-refractivity contribution in [3.8, 4) is 11.3 Å². The van der Waals surface area contributed by atoms with E-state index in [4.69, 9.17) is 0 Å². The highest BCUT2D eigenvalue weighted by Gasteiger charge is 2.23. The molecule has 0 N–H and O–H groups in total. The Balaban J connectivity index is 1.65. The van der Waals surface area contributed by atoms with E-state index in [1.165, 1.54) is 11.8 Å². The minimum atomic E-state index is -0.287. The Morgan fingerprint density at radius 1 is 0.867 bits per heavy atom. The normalized spacial score (nSPS) is 11.9. The van der Waals surface area contributed by atoms with Gasteiger partial charge in [-0.25, -0.2) is 0 Å². The molecule has 4 rings (SSSR count). The summed E-state index contributed by atoms with van der Waals surface area (Å²) in [7, 11) is 0. The van der Waals surface area contributed by atoms with Crippen LogP contribution in [0.1, 0.15) is 13.8 Å². The zero-order chi connectivity index (χ0) is 20.9. The van der Waals surface area contributed by atoms with E-state index >= 15 is 0 Å². The molecule has 1 amide bonds. The first-order valence-corrected chi connectivity index (χ1v) is 10.9. The van der Waals surface area contributed by atoms with Gasteiger partial charge < -0.3 is 4.90 Å². The van der Waals surface area contributed by atoms with Gasteiger partial charge in [0.05, 0.1) is 5.25 Å². The number of thioether (sulfide) groups is 1. The summed E-state index contributed by atoms with van der Waals surface area (Å²) in [5, 5.41) is 11.6. The zero-order valence-electron chi connectivity index (χ0n) is 17.0. The molecule has 0 saturated heterocycles. The van der Waals surface area contributed by atoms with Gasteiger partial charge in [0.1, 0.15) is 10.7 Å².